The summed E-state index contributed by atoms with van der Waals surface area (Å²) in [5, 5.41) is 19.9. The van der Waals surface area contributed by atoms with Crippen molar-refractivity contribution in [2.24, 2.45) is 0 Å². The van der Waals surface area contributed by atoms with Crippen molar-refractivity contribution in [3.8, 4) is 28.1 Å². The van der Waals surface area contributed by atoms with E-state index in [0.29, 0.717) is 88.7 Å². The van der Waals surface area contributed by atoms with Gasteiger partial charge in [-0.3, -0.25) is 14.7 Å². The van der Waals surface area contributed by atoms with Gasteiger partial charge in [0.25, 0.3) is 0 Å². The third kappa shape index (κ3) is 6.93. The fourth-order valence-electron chi connectivity index (χ4n) is 5.80. The van der Waals surface area contributed by atoms with Gasteiger partial charge in [-0.1, -0.05) is 59.6 Å². The van der Waals surface area contributed by atoms with Crippen molar-refractivity contribution in [3.63, 3.8) is 0 Å². The van der Waals surface area contributed by atoms with E-state index in [-0.39, 0.29) is 23.9 Å². The van der Waals surface area contributed by atoms with Gasteiger partial charge in [-0.05, 0) is 30.7 Å². The second kappa shape index (κ2) is 13.7. The van der Waals surface area contributed by atoms with Crippen LogP contribution in [0.25, 0.3) is 22.4 Å². The zero-order valence-electron chi connectivity index (χ0n) is 24.7. The topological polar surface area (TPSA) is 98.8 Å². The standard InChI is InChI=1S/C34H34Cl2FN5O3/c1-45-29-14-20(8-9-21(29)15-38-16-23-10-11-30(44)40-23)34-32(36)26(12-13-39-34)25-5-3-6-27(31(25)35)41-28-7-2-4-22(33(28)37)17-42-18-24(43)19-42/h2-9,12-14,23-24,38,41,43H,10-11,15-19H2,1H3,(H,40,44). The number of nitrogens with zero attached hydrogens (tertiary/aromatic N) is 2. The number of carbonyl (C=O) groups is 1. The molecule has 2 fully saturated rings. The largest absolute Gasteiger partial charge is 0.496 e. The van der Waals surface area contributed by atoms with Crippen molar-refractivity contribution in [3.05, 3.63) is 93.8 Å². The number of nitrogens with one attached hydrogen (secondary N) is 3. The number of aromatic nitrogens is 1. The molecule has 1 atom stereocenters. The highest BCUT2D eigenvalue weighted by Gasteiger charge is 2.25. The molecule has 1 amide bonds. The summed E-state index contributed by atoms with van der Waals surface area (Å²) in [5.41, 5.74) is 5.07. The summed E-state index contributed by atoms with van der Waals surface area (Å²) < 4.78 is 21.1. The van der Waals surface area contributed by atoms with Crippen LogP contribution in [0.5, 0.6) is 5.75 Å². The molecule has 11 heteroatoms. The van der Waals surface area contributed by atoms with Gasteiger partial charge in [-0.15, -0.1) is 0 Å². The summed E-state index contributed by atoms with van der Waals surface area (Å²) in [4.78, 5) is 18.0. The van der Waals surface area contributed by atoms with Crippen LogP contribution in [0.15, 0.2) is 66.9 Å². The molecule has 0 radical (unpaired) electrons. The Morgan fingerprint density at radius 3 is 2.58 bits per heavy atom. The van der Waals surface area contributed by atoms with Gasteiger partial charge in [-0.25, -0.2) is 4.39 Å². The van der Waals surface area contributed by atoms with Crippen LogP contribution >= 0.6 is 23.2 Å². The van der Waals surface area contributed by atoms with E-state index in [1.54, 1.807) is 43.6 Å². The molecule has 3 heterocycles. The number of aliphatic hydroxyl groups is 1. The molecule has 1 unspecified atom stereocenters. The molecular weight excluding hydrogens is 616 g/mol. The summed E-state index contributed by atoms with van der Waals surface area (Å²) in [6, 6.07) is 18.5. The summed E-state index contributed by atoms with van der Waals surface area (Å²) in [6.45, 7) is 2.76. The van der Waals surface area contributed by atoms with Gasteiger partial charge < -0.3 is 25.8 Å². The lowest BCUT2D eigenvalue weighted by Gasteiger charge is -2.35. The number of carbonyl (C=O) groups excluding carboxylic acids is 1. The lowest BCUT2D eigenvalue weighted by atomic mass is 10.0. The molecule has 6 rings (SSSR count). The van der Waals surface area contributed by atoms with Crippen molar-refractivity contribution in [1.29, 1.82) is 0 Å². The second-order valence-electron chi connectivity index (χ2n) is 11.4. The quantitative estimate of drug-likeness (QED) is 0.155. The smallest absolute Gasteiger partial charge is 0.220 e. The zero-order chi connectivity index (χ0) is 31.5. The summed E-state index contributed by atoms with van der Waals surface area (Å²) in [5.74, 6) is 0.430. The molecule has 1 aromatic heterocycles. The van der Waals surface area contributed by atoms with E-state index in [1.807, 2.05) is 35.2 Å². The molecule has 8 nitrogen and oxygen atoms in total. The van der Waals surface area contributed by atoms with Gasteiger partial charge in [0.15, 0.2) is 5.82 Å². The summed E-state index contributed by atoms with van der Waals surface area (Å²) in [7, 11) is 1.62. The Bertz CT molecular complexity index is 1720. The third-order valence-electron chi connectivity index (χ3n) is 8.21. The Hall–Kier alpha value is -3.73. The fraction of sp³-hybridized carbons (Fsp3) is 0.294. The first-order valence-electron chi connectivity index (χ1n) is 14.9. The number of hydrogen-bond donors (Lipinski definition) is 4. The molecule has 4 aromatic rings. The number of ether oxygens (including phenoxy) is 1. The molecule has 234 valence electrons. The van der Waals surface area contributed by atoms with E-state index in [0.717, 1.165) is 17.5 Å². The van der Waals surface area contributed by atoms with Crippen LogP contribution in [0.2, 0.25) is 10.0 Å². The van der Waals surface area contributed by atoms with Gasteiger partial charge in [0.05, 0.1) is 40.3 Å². The number of aliphatic hydroxyl groups excluding tert-OH is 1. The highest BCUT2D eigenvalue weighted by atomic mass is 35.5. The number of rotatable bonds is 11. The molecule has 0 saturated carbocycles. The van der Waals surface area contributed by atoms with Crippen molar-refractivity contribution in [1.82, 2.24) is 20.5 Å². The van der Waals surface area contributed by atoms with Crippen LogP contribution in [0, 0.1) is 5.82 Å². The van der Waals surface area contributed by atoms with Crippen LogP contribution in [-0.2, 0) is 17.9 Å². The first-order chi connectivity index (χ1) is 21.8. The maximum absolute atomic E-state index is 15.4. The number of likely N-dealkylation sites (tertiary alicyclic amines) is 1. The van der Waals surface area contributed by atoms with Crippen molar-refractivity contribution >= 4 is 40.5 Å². The van der Waals surface area contributed by atoms with Gasteiger partial charge in [0.2, 0.25) is 5.91 Å². The predicted octanol–water partition coefficient (Wildman–Crippen LogP) is 6.16. The number of anilines is 2. The Labute approximate surface area is 271 Å². The molecule has 45 heavy (non-hydrogen) atoms. The molecule has 2 aliphatic rings. The average Bonchev–Trinajstić information content (AvgIpc) is 3.44. The number of pyridine rings is 1. The van der Waals surface area contributed by atoms with E-state index in [2.05, 4.69) is 20.9 Å². The Morgan fingerprint density at radius 2 is 1.82 bits per heavy atom. The van der Waals surface area contributed by atoms with Crippen molar-refractivity contribution in [2.45, 2.75) is 38.1 Å². The van der Waals surface area contributed by atoms with Gasteiger partial charge >= 0.3 is 0 Å². The number of β-amino-alcohol motifs (C(OH)–C–C–N with tert-alkyl or cyclic N) is 1. The molecule has 0 bridgehead atoms. The molecule has 0 aliphatic carbocycles. The number of methoxy groups -OCH3 is 1. The first kappa shape index (κ1) is 31.3. The predicted molar refractivity (Wildman–Crippen MR) is 176 cm³/mol. The molecule has 2 saturated heterocycles. The van der Waals surface area contributed by atoms with Crippen molar-refractivity contribution in [2.75, 3.05) is 32.1 Å². The normalized spacial score (nSPS) is 16.8. The van der Waals surface area contributed by atoms with E-state index < -0.39 is 0 Å². The number of amides is 1. The van der Waals surface area contributed by atoms with Gasteiger partial charge in [-0.2, -0.15) is 0 Å². The van der Waals surface area contributed by atoms with Crippen LogP contribution in [0.3, 0.4) is 0 Å². The van der Waals surface area contributed by atoms with Crippen molar-refractivity contribution < 1.29 is 19.0 Å². The average molecular weight is 651 g/mol. The minimum absolute atomic E-state index is 0.0964. The maximum Gasteiger partial charge on any atom is 0.220 e. The minimum atomic E-state index is -0.359. The lowest BCUT2D eigenvalue weighted by Crippen LogP contribution is -2.49. The molecule has 2 aliphatic heterocycles. The van der Waals surface area contributed by atoms with E-state index >= 15 is 4.39 Å². The summed E-state index contributed by atoms with van der Waals surface area (Å²) in [6.07, 6.45) is 2.74. The minimum Gasteiger partial charge on any atom is -0.496 e. The number of halogens is 3. The number of benzene rings is 3. The Morgan fingerprint density at radius 1 is 1.04 bits per heavy atom. The van der Waals surface area contributed by atoms with Gasteiger partial charge in [0, 0.05) is 79.2 Å². The van der Waals surface area contributed by atoms with E-state index in [9.17, 15) is 9.90 Å². The van der Waals surface area contributed by atoms with E-state index in [4.69, 9.17) is 27.9 Å². The van der Waals surface area contributed by atoms with Crippen LogP contribution < -0.4 is 20.7 Å². The lowest BCUT2D eigenvalue weighted by molar-refractivity contribution is -0.119. The third-order valence-corrected chi connectivity index (χ3v) is 9.00. The van der Waals surface area contributed by atoms with E-state index in [1.165, 1.54) is 0 Å². The van der Waals surface area contributed by atoms with Crippen LogP contribution in [-0.4, -0.2) is 59.8 Å². The fourth-order valence-corrected chi connectivity index (χ4v) is 6.39. The SMILES string of the molecule is COc1cc(-c2nccc(-c3cccc(Nc4cccc(CN5CC(O)C5)c4F)c3Cl)c2Cl)ccc1CNCC1CCC(=O)N1. The second-order valence-corrected chi connectivity index (χ2v) is 12.2. The summed E-state index contributed by atoms with van der Waals surface area (Å²) >= 11 is 13.9. The Balaban J connectivity index is 1.21. The first-order valence-corrected chi connectivity index (χ1v) is 15.6. The number of hydrogen-bond acceptors (Lipinski definition) is 7. The molecule has 0 spiro atoms. The van der Waals surface area contributed by atoms with Crippen LogP contribution in [0.4, 0.5) is 15.8 Å². The maximum atomic E-state index is 15.4. The van der Waals surface area contributed by atoms with Crippen LogP contribution in [0.1, 0.15) is 24.0 Å². The Kier molecular flexibility index (Phi) is 9.53. The molecule has 3 aromatic carbocycles. The van der Waals surface area contributed by atoms with Gasteiger partial charge in [0.1, 0.15) is 5.75 Å². The highest BCUT2D eigenvalue weighted by molar-refractivity contribution is 6.39. The zero-order valence-corrected chi connectivity index (χ0v) is 26.3. The highest BCUT2D eigenvalue weighted by Crippen LogP contribution is 2.42. The molecule has 4 N–H and O–H groups in total. The monoisotopic (exact) mass is 649 g/mol. The molecular formula is C34H34Cl2FN5O3.